The Morgan fingerprint density at radius 1 is 0.385 bits per heavy atom. The van der Waals surface area contributed by atoms with Crippen LogP contribution >= 0.6 is 38.5 Å². The molecule has 0 aliphatic carbocycles. The second kappa shape index (κ2) is 28.4. The summed E-state index contributed by atoms with van der Waals surface area (Å²) in [7, 11) is -4.77. The van der Waals surface area contributed by atoms with Crippen molar-refractivity contribution in [1.82, 2.24) is 18.4 Å². The maximum absolute atomic E-state index is 14.5. The molecule has 0 unspecified atom stereocenters. The average molecular weight is 1480 g/mol. The lowest BCUT2D eigenvalue weighted by Crippen LogP contribution is -2.17. The Morgan fingerprint density at radius 3 is 1.25 bits per heavy atom. The molecule has 0 aliphatic rings. The third kappa shape index (κ3) is 14.1. The average Bonchev–Trinajstić information content (AvgIpc) is 1.57. The van der Waals surface area contributed by atoms with E-state index in [0.717, 1.165) is 80.2 Å². The first-order valence-corrected chi connectivity index (χ1v) is 35.7. The lowest BCUT2D eigenvalue weighted by atomic mass is 10.00. The van der Waals surface area contributed by atoms with Gasteiger partial charge in [-0.1, -0.05) is 203 Å². The van der Waals surface area contributed by atoms with Gasteiger partial charge in [0.15, 0.2) is 23.0 Å². The molecule has 0 saturated carbocycles. The zero-order valence-electron chi connectivity index (χ0n) is 54.1. The van der Waals surface area contributed by atoms with E-state index in [1.807, 2.05) is 230 Å². The molecule has 0 aliphatic heterocycles. The molecule has 12 aromatic carbocycles. The number of nitrogens with zero attached hydrogens (tertiary/aromatic N) is 4. The molecule has 14 aromatic rings. The maximum Gasteiger partial charge on any atom is 0.284 e. The second-order valence-electron chi connectivity index (χ2n) is 23.6. The van der Waals surface area contributed by atoms with Crippen LogP contribution in [0.4, 0.5) is 0 Å². The first-order valence-electron chi connectivity index (χ1n) is 31.0. The quantitative estimate of drug-likeness (QED) is 0.0911. The molecule has 0 atom stereocenters. The number of ether oxygens (including phenoxy) is 4. The summed E-state index contributed by atoms with van der Waals surface area (Å²) >= 11 is 5.52. The van der Waals surface area contributed by atoms with Crippen molar-refractivity contribution in [1.29, 1.82) is 0 Å². The lowest BCUT2D eigenvalue weighted by Gasteiger charge is -2.14. The highest BCUT2D eigenvalue weighted by Crippen LogP contribution is 2.40. The molecule has 482 valence electrons. The fourth-order valence-corrected chi connectivity index (χ4v) is 16.9. The largest absolute Gasteiger partial charge is 0.493 e. The molecule has 12 nitrogen and oxygen atoms in total. The summed E-state index contributed by atoms with van der Waals surface area (Å²) < 4.78 is 84.3. The summed E-state index contributed by atoms with van der Waals surface area (Å²) in [5, 5.41) is 15.5. The molecular weight excluding hydrogens is 1420 g/mol. The molecule has 0 N–H and O–H groups in total. The predicted octanol–water partition coefficient (Wildman–Crippen LogP) is 19.9. The molecule has 16 heteroatoms. The minimum absolute atomic E-state index is 0.268. The molecule has 0 spiro atoms. The zero-order valence-corrected chi connectivity index (χ0v) is 59.5. The van der Waals surface area contributed by atoms with Crippen LogP contribution in [0.3, 0.4) is 0 Å². The Bertz CT molecular complexity index is 5440. The van der Waals surface area contributed by atoms with E-state index in [-0.39, 0.29) is 9.79 Å². The van der Waals surface area contributed by atoms with Gasteiger partial charge in [0.25, 0.3) is 20.0 Å². The summed E-state index contributed by atoms with van der Waals surface area (Å²) in [6, 6.07) is 79.3. The van der Waals surface area contributed by atoms with Crippen LogP contribution in [0.1, 0.15) is 44.5 Å². The fourth-order valence-electron chi connectivity index (χ4n) is 12.3. The number of aromatic nitrogens is 4. The van der Waals surface area contributed by atoms with Crippen molar-refractivity contribution in [2.75, 3.05) is 14.2 Å². The standard InChI is InChI=1S/C40H34N2O4S.C30H27IN2O4S.C10H7Br/c1-26-20-27(2)40(28(3)21-26)47(43,44)42-36-23-32(33-17-19-37(38(24-33)45-4)46-25-29-10-6-5-7-11-29)16-18-35(36)39(41-42)34-15-14-30-12-8-9-13-31(30)22-34;1-19-14-20(2)29(21(3)15-19)38(34,35)33-26-16-23(10-12-25(26)30(31)32-33)24-11-13-27(28(17-24)36-4)37-18-22-8-6-5-7-9-22;11-10-6-5-8-3-1-2-4-9(8)7-10/h5-24H,25H2,1-4H3;5-17H,18H2,1-4H3;1-7H. The number of hydrogen-bond donors (Lipinski definition) is 0. The Balaban J connectivity index is 0.000000160. The van der Waals surface area contributed by atoms with Gasteiger partial charge in [-0.2, -0.15) is 35.2 Å². The number of aryl methyl sites for hydroxylation is 6. The van der Waals surface area contributed by atoms with E-state index < -0.39 is 20.0 Å². The normalized spacial score (nSPS) is 11.5. The third-order valence-electron chi connectivity index (χ3n) is 16.6. The number of fused-ring (bicyclic) bond motifs is 4. The van der Waals surface area contributed by atoms with Gasteiger partial charge >= 0.3 is 0 Å². The monoisotopic (exact) mass is 1480 g/mol. The number of rotatable bonds is 15. The Kier molecular flexibility index (Phi) is 19.6. The minimum Gasteiger partial charge on any atom is -0.493 e. The maximum atomic E-state index is 14.5. The molecule has 0 saturated heterocycles. The van der Waals surface area contributed by atoms with Crippen LogP contribution in [0, 0.1) is 45.2 Å². The van der Waals surface area contributed by atoms with Crippen LogP contribution in [0.2, 0.25) is 0 Å². The van der Waals surface area contributed by atoms with Gasteiger partial charge < -0.3 is 18.9 Å². The fraction of sp³-hybridized carbons (Fsp3) is 0.125. The van der Waals surface area contributed by atoms with E-state index >= 15 is 0 Å². The summed E-state index contributed by atoms with van der Waals surface area (Å²) in [5.74, 6) is 2.44. The third-order valence-corrected chi connectivity index (χ3v) is 21.7. The van der Waals surface area contributed by atoms with E-state index in [1.165, 1.54) is 14.9 Å². The highest BCUT2D eigenvalue weighted by Gasteiger charge is 2.29. The van der Waals surface area contributed by atoms with Crippen molar-refractivity contribution in [3.05, 3.63) is 295 Å². The predicted molar refractivity (Wildman–Crippen MR) is 399 cm³/mol. The first-order chi connectivity index (χ1) is 46.3. The smallest absolute Gasteiger partial charge is 0.284 e. The second-order valence-corrected chi connectivity index (χ2v) is 28.9. The van der Waals surface area contributed by atoms with Gasteiger partial charge in [-0.15, -0.1) is 0 Å². The van der Waals surface area contributed by atoms with Gasteiger partial charge in [0.1, 0.15) is 22.6 Å². The molecule has 0 amide bonds. The van der Waals surface area contributed by atoms with E-state index in [2.05, 4.69) is 98.2 Å². The highest BCUT2D eigenvalue weighted by molar-refractivity contribution is 14.1. The van der Waals surface area contributed by atoms with Gasteiger partial charge in [0, 0.05) is 20.8 Å². The van der Waals surface area contributed by atoms with Crippen molar-refractivity contribution >= 4 is 102 Å². The van der Waals surface area contributed by atoms with E-state index in [1.54, 1.807) is 14.2 Å². The van der Waals surface area contributed by atoms with E-state index in [0.29, 0.717) is 78.9 Å². The SMILES string of the molecule is Brc1ccc2ccccc2c1.COc1cc(-c2ccc3c(-c4ccc5ccccc5c4)nn(S(=O)(=O)c4c(C)cc(C)cc4C)c3c2)ccc1OCc1ccccc1.COc1cc(-c2ccc3c(I)nn(S(=O)(=O)c4c(C)cc(C)cc4C)c3c2)ccc1OCc1ccccc1. The summed E-state index contributed by atoms with van der Waals surface area (Å²) in [6.45, 7) is 12.1. The minimum atomic E-state index is -4.06. The van der Waals surface area contributed by atoms with Crippen LogP contribution in [0.25, 0.3) is 76.9 Å². The molecular formula is C80H68BrIN4O8S2. The van der Waals surface area contributed by atoms with Crippen LogP contribution in [-0.2, 0) is 33.3 Å². The van der Waals surface area contributed by atoms with Gasteiger partial charge in [-0.25, -0.2) is 0 Å². The number of hydrogen-bond acceptors (Lipinski definition) is 10. The molecule has 14 rings (SSSR count). The lowest BCUT2D eigenvalue weighted by molar-refractivity contribution is 0.284. The van der Waals surface area contributed by atoms with Crippen molar-refractivity contribution in [2.24, 2.45) is 0 Å². The summed E-state index contributed by atoms with van der Waals surface area (Å²) in [5.41, 5.74) is 12.8. The molecule has 2 aromatic heterocycles. The van der Waals surface area contributed by atoms with Crippen LogP contribution < -0.4 is 18.9 Å². The van der Waals surface area contributed by atoms with Crippen LogP contribution in [-0.4, -0.2) is 49.4 Å². The molecule has 0 bridgehead atoms. The van der Waals surface area contributed by atoms with Crippen molar-refractivity contribution in [3.8, 4) is 56.5 Å². The van der Waals surface area contributed by atoms with Crippen molar-refractivity contribution in [3.63, 3.8) is 0 Å². The molecule has 96 heavy (non-hydrogen) atoms. The van der Waals surface area contributed by atoms with Gasteiger partial charge in [-0.05, 0) is 208 Å². The molecule has 0 fully saturated rings. The van der Waals surface area contributed by atoms with Gasteiger partial charge in [0.2, 0.25) is 0 Å². The Labute approximate surface area is 582 Å². The Hall–Kier alpha value is -9.59. The number of halogens is 2. The molecule has 0 radical (unpaired) electrons. The van der Waals surface area contributed by atoms with Crippen molar-refractivity contribution < 1.29 is 35.8 Å². The number of methoxy groups -OCH3 is 2. The zero-order chi connectivity index (χ0) is 67.4. The Morgan fingerprint density at radius 2 is 0.771 bits per heavy atom. The summed E-state index contributed by atoms with van der Waals surface area (Å²) in [4.78, 5) is 0.556. The first kappa shape index (κ1) is 66.4. The van der Waals surface area contributed by atoms with Crippen LogP contribution in [0.15, 0.2) is 257 Å². The van der Waals surface area contributed by atoms with Gasteiger partial charge in [0.05, 0.1) is 35.0 Å². The van der Waals surface area contributed by atoms with E-state index in [4.69, 9.17) is 24.0 Å². The topological polar surface area (TPSA) is 141 Å². The highest BCUT2D eigenvalue weighted by atomic mass is 127. The molecule has 2 heterocycles. The van der Waals surface area contributed by atoms with E-state index in [9.17, 15) is 16.8 Å². The number of benzene rings is 12. The van der Waals surface area contributed by atoms with Gasteiger partial charge in [-0.3, -0.25) is 0 Å². The van der Waals surface area contributed by atoms with Crippen molar-refractivity contribution in [2.45, 2.75) is 64.5 Å². The summed E-state index contributed by atoms with van der Waals surface area (Å²) in [6.07, 6.45) is 0. The van der Waals surface area contributed by atoms with Crippen LogP contribution in [0.5, 0.6) is 23.0 Å².